The molecular weight excluding hydrogens is 326 g/mol. The van der Waals surface area contributed by atoms with Gasteiger partial charge in [-0.2, -0.15) is 5.10 Å². The molecule has 0 unspecified atom stereocenters. The zero-order valence-electron chi connectivity index (χ0n) is 10.4. The lowest BCUT2D eigenvalue weighted by atomic mass is 10.2. The molecule has 0 aromatic heterocycles. The minimum atomic E-state index is -0.690. The van der Waals surface area contributed by atoms with E-state index in [0.29, 0.717) is 0 Å². The van der Waals surface area contributed by atoms with Gasteiger partial charge < -0.3 is 0 Å². The number of anilines is 1. The molecule has 1 N–H and O–H groups in total. The Bertz CT molecular complexity index is 640. The lowest BCUT2D eigenvalue weighted by molar-refractivity contribution is 0.585. The Hall–Kier alpha value is -2.01. The van der Waals surface area contributed by atoms with Crippen molar-refractivity contribution >= 4 is 33.9 Å². The van der Waals surface area contributed by atoms with Crippen LogP contribution < -0.4 is 5.43 Å². The van der Waals surface area contributed by atoms with Crippen molar-refractivity contribution in [1.29, 1.82) is 0 Å². The van der Waals surface area contributed by atoms with Gasteiger partial charge in [0.25, 0.3) is 0 Å². The van der Waals surface area contributed by atoms with Crippen LogP contribution in [0.4, 0.5) is 14.5 Å². The first-order valence-corrected chi connectivity index (χ1v) is 6.61. The third-order valence-electron chi connectivity index (χ3n) is 2.41. The van der Waals surface area contributed by atoms with Crippen molar-refractivity contribution < 1.29 is 8.78 Å². The first-order chi connectivity index (χ1) is 9.65. The second kappa shape index (κ2) is 6.96. The summed E-state index contributed by atoms with van der Waals surface area (Å²) in [5, 5.41) is 3.88. The normalized spacial score (nSPS) is 11.8. The van der Waals surface area contributed by atoms with Crippen molar-refractivity contribution in [2.24, 2.45) is 5.10 Å². The number of halogens is 3. The van der Waals surface area contributed by atoms with Crippen LogP contribution in [0.25, 0.3) is 6.08 Å². The molecule has 0 saturated heterocycles. The SMILES string of the molecule is Fc1ccc(N/N=C\C(Br)=C\c2ccccc2)c(F)c1. The monoisotopic (exact) mass is 336 g/mol. The summed E-state index contributed by atoms with van der Waals surface area (Å²) >= 11 is 3.34. The maximum atomic E-state index is 13.3. The quantitative estimate of drug-likeness (QED) is 0.629. The molecule has 0 amide bonds. The van der Waals surface area contributed by atoms with Crippen LogP contribution in [0.15, 0.2) is 58.1 Å². The highest BCUT2D eigenvalue weighted by Gasteiger charge is 2.01. The van der Waals surface area contributed by atoms with Crippen LogP contribution in [0, 0.1) is 11.6 Å². The number of hydrazone groups is 1. The fourth-order valence-corrected chi connectivity index (χ4v) is 1.86. The highest BCUT2D eigenvalue weighted by molar-refractivity contribution is 9.12. The third kappa shape index (κ3) is 4.28. The molecule has 102 valence electrons. The molecule has 0 aliphatic heterocycles. The van der Waals surface area contributed by atoms with Crippen LogP contribution in [-0.2, 0) is 0 Å². The molecule has 2 aromatic rings. The summed E-state index contributed by atoms with van der Waals surface area (Å²) in [5.74, 6) is -1.31. The summed E-state index contributed by atoms with van der Waals surface area (Å²) in [4.78, 5) is 0. The van der Waals surface area contributed by atoms with E-state index < -0.39 is 11.6 Å². The number of nitrogens with zero attached hydrogens (tertiary/aromatic N) is 1. The minimum Gasteiger partial charge on any atom is -0.275 e. The predicted molar refractivity (Wildman–Crippen MR) is 81.8 cm³/mol. The molecule has 0 bridgehead atoms. The van der Waals surface area contributed by atoms with Gasteiger partial charge in [-0.25, -0.2) is 8.78 Å². The number of hydrogen-bond acceptors (Lipinski definition) is 2. The van der Waals surface area contributed by atoms with E-state index in [9.17, 15) is 8.78 Å². The van der Waals surface area contributed by atoms with Gasteiger partial charge in [0, 0.05) is 10.5 Å². The summed E-state index contributed by atoms with van der Waals surface area (Å²) in [5.41, 5.74) is 3.64. The molecule has 0 spiro atoms. The van der Waals surface area contributed by atoms with Crippen molar-refractivity contribution in [2.75, 3.05) is 5.43 Å². The van der Waals surface area contributed by atoms with Crippen LogP contribution >= 0.6 is 15.9 Å². The van der Waals surface area contributed by atoms with E-state index in [1.54, 1.807) is 0 Å². The van der Waals surface area contributed by atoms with Gasteiger partial charge in [-0.1, -0.05) is 30.3 Å². The molecule has 0 saturated carbocycles. The molecule has 0 heterocycles. The van der Waals surface area contributed by atoms with E-state index in [1.807, 2.05) is 36.4 Å². The van der Waals surface area contributed by atoms with Gasteiger partial charge in [-0.3, -0.25) is 5.43 Å². The highest BCUT2D eigenvalue weighted by atomic mass is 79.9. The number of benzene rings is 2. The van der Waals surface area contributed by atoms with Crippen LogP contribution in [0.2, 0.25) is 0 Å². The Labute approximate surface area is 124 Å². The topological polar surface area (TPSA) is 24.4 Å². The molecule has 20 heavy (non-hydrogen) atoms. The van der Waals surface area contributed by atoms with Gasteiger partial charge >= 0.3 is 0 Å². The molecular formula is C15H11BrF2N2. The molecule has 0 atom stereocenters. The zero-order valence-corrected chi connectivity index (χ0v) is 11.9. The summed E-state index contributed by atoms with van der Waals surface area (Å²) in [6.07, 6.45) is 3.36. The number of rotatable bonds is 4. The number of nitrogens with one attached hydrogen (secondary N) is 1. The average molecular weight is 337 g/mol. The van der Waals surface area contributed by atoms with Crippen molar-refractivity contribution in [3.8, 4) is 0 Å². The summed E-state index contributed by atoms with van der Waals surface area (Å²) in [6, 6.07) is 12.9. The van der Waals surface area contributed by atoms with Crippen LogP contribution in [-0.4, -0.2) is 6.21 Å². The predicted octanol–water partition coefficient (Wildman–Crippen LogP) is 4.80. The van der Waals surface area contributed by atoms with Gasteiger partial charge in [-0.05, 0) is 39.7 Å². The molecule has 2 nitrogen and oxygen atoms in total. The molecule has 0 aliphatic rings. The van der Waals surface area contributed by atoms with Crippen molar-refractivity contribution in [3.63, 3.8) is 0 Å². The van der Waals surface area contributed by atoms with Crippen molar-refractivity contribution in [2.45, 2.75) is 0 Å². The van der Waals surface area contributed by atoms with E-state index in [2.05, 4.69) is 26.5 Å². The highest BCUT2D eigenvalue weighted by Crippen LogP contribution is 2.15. The van der Waals surface area contributed by atoms with Gasteiger partial charge in [0.1, 0.15) is 5.82 Å². The molecule has 0 aliphatic carbocycles. The number of hydrogen-bond donors (Lipinski definition) is 1. The third-order valence-corrected chi connectivity index (χ3v) is 2.84. The lowest BCUT2D eigenvalue weighted by Crippen LogP contribution is -1.93. The molecule has 2 aromatic carbocycles. The number of allylic oxidation sites excluding steroid dienone is 1. The smallest absolute Gasteiger partial charge is 0.151 e. The van der Waals surface area contributed by atoms with Crippen LogP contribution in [0.1, 0.15) is 5.56 Å². The average Bonchev–Trinajstić information content (AvgIpc) is 2.42. The fourth-order valence-electron chi connectivity index (χ4n) is 1.49. The van der Waals surface area contributed by atoms with E-state index in [1.165, 1.54) is 12.3 Å². The standard InChI is InChI=1S/C15H11BrF2N2/c16-12(8-11-4-2-1-3-5-11)10-19-20-15-7-6-13(17)9-14(15)18/h1-10,20H/b12-8-,19-10-. The summed E-state index contributed by atoms with van der Waals surface area (Å²) in [6.45, 7) is 0. The minimum absolute atomic E-state index is 0.114. The Morgan fingerprint density at radius 3 is 2.55 bits per heavy atom. The van der Waals surface area contributed by atoms with Gasteiger partial charge in [0.05, 0.1) is 11.9 Å². The molecule has 0 radical (unpaired) electrons. The first-order valence-electron chi connectivity index (χ1n) is 5.81. The first kappa shape index (κ1) is 14.4. The Morgan fingerprint density at radius 1 is 1.10 bits per heavy atom. The maximum absolute atomic E-state index is 13.3. The van der Waals surface area contributed by atoms with Crippen LogP contribution in [0.3, 0.4) is 0 Å². The molecule has 5 heteroatoms. The Morgan fingerprint density at radius 2 is 1.85 bits per heavy atom. The van der Waals surface area contributed by atoms with Crippen molar-refractivity contribution in [3.05, 3.63) is 70.2 Å². The summed E-state index contributed by atoms with van der Waals surface area (Å²) < 4.78 is 26.8. The van der Waals surface area contributed by atoms with E-state index >= 15 is 0 Å². The van der Waals surface area contributed by atoms with Crippen molar-refractivity contribution in [1.82, 2.24) is 0 Å². The molecule has 2 rings (SSSR count). The Kier molecular flexibility index (Phi) is 5.01. The van der Waals surface area contributed by atoms with Crippen LogP contribution in [0.5, 0.6) is 0 Å². The van der Waals surface area contributed by atoms with E-state index in [-0.39, 0.29) is 5.69 Å². The lowest BCUT2D eigenvalue weighted by Gasteiger charge is -2.01. The zero-order chi connectivity index (χ0) is 14.4. The van der Waals surface area contributed by atoms with E-state index in [4.69, 9.17) is 0 Å². The Balaban J connectivity index is 2.01. The molecule has 0 fully saturated rings. The maximum Gasteiger partial charge on any atom is 0.151 e. The van der Waals surface area contributed by atoms with Gasteiger partial charge in [0.15, 0.2) is 5.82 Å². The largest absolute Gasteiger partial charge is 0.275 e. The van der Waals surface area contributed by atoms with E-state index in [0.717, 1.165) is 22.2 Å². The summed E-state index contributed by atoms with van der Waals surface area (Å²) in [7, 11) is 0. The second-order valence-electron chi connectivity index (χ2n) is 3.93. The fraction of sp³-hybridized carbons (Fsp3) is 0. The second-order valence-corrected chi connectivity index (χ2v) is 4.85. The van der Waals surface area contributed by atoms with Gasteiger partial charge in [0.2, 0.25) is 0 Å². The van der Waals surface area contributed by atoms with Gasteiger partial charge in [-0.15, -0.1) is 0 Å².